The number of thioether (sulfide) groups is 1. The quantitative estimate of drug-likeness (QED) is 0.791. The van der Waals surface area contributed by atoms with Gasteiger partial charge in [-0.25, -0.2) is 0 Å². The maximum atomic E-state index is 5.72. The predicted molar refractivity (Wildman–Crippen MR) is 67.5 cm³/mol. The van der Waals surface area contributed by atoms with Gasteiger partial charge in [-0.15, -0.1) is 11.8 Å². The Morgan fingerprint density at radius 2 is 2.13 bits per heavy atom. The van der Waals surface area contributed by atoms with E-state index >= 15 is 0 Å². The molecule has 1 aliphatic carbocycles. The molecule has 0 aliphatic heterocycles. The fourth-order valence-corrected chi connectivity index (χ4v) is 3.12. The molecule has 0 saturated heterocycles. The molecular weight excluding hydrogens is 202 g/mol. The highest BCUT2D eigenvalue weighted by Crippen LogP contribution is 2.30. The standard InChI is InChI=1S/C13H19NS/c1-2-12(9-14)15-13-7-6-10-4-3-5-11(10)8-13/h6-8,12H,2-5,9,14H2,1H3. The SMILES string of the molecule is CCC(CN)Sc1ccc2c(c1)CCC2. The number of rotatable bonds is 4. The molecule has 15 heavy (non-hydrogen) atoms. The summed E-state index contributed by atoms with van der Waals surface area (Å²) in [5.74, 6) is 0. The summed E-state index contributed by atoms with van der Waals surface area (Å²) in [5, 5.41) is 0.574. The van der Waals surface area contributed by atoms with Crippen LogP contribution in [0.4, 0.5) is 0 Å². The average Bonchev–Trinajstić information content (AvgIpc) is 2.73. The molecule has 0 fully saturated rings. The van der Waals surface area contributed by atoms with Crippen molar-refractivity contribution in [3.05, 3.63) is 29.3 Å². The summed E-state index contributed by atoms with van der Waals surface area (Å²) >= 11 is 1.93. The van der Waals surface area contributed by atoms with E-state index in [1.807, 2.05) is 11.8 Å². The average molecular weight is 221 g/mol. The topological polar surface area (TPSA) is 26.0 Å². The van der Waals surface area contributed by atoms with Gasteiger partial charge in [0.1, 0.15) is 0 Å². The van der Waals surface area contributed by atoms with E-state index in [9.17, 15) is 0 Å². The Bertz CT molecular complexity index is 331. The number of hydrogen-bond donors (Lipinski definition) is 1. The van der Waals surface area contributed by atoms with Gasteiger partial charge in [-0.05, 0) is 48.9 Å². The molecule has 2 N–H and O–H groups in total. The van der Waals surface area contributed by atoms with Gasteiger partial charge in [-0.1, -0.05) is 13.0 Å². The number of nitrogens with two attached hydrogens (primary N) is 1. The van der Waals surface area contributed by atoms with E-state index in [1.54, 1.807) is 11.1 Å². The molecule has 1 nitrogen and oxygen atoms in total. The first-order valence-corrected chi connectivity index (χ1v) is 6.70. The van der Waals surface area contributed by atoms with Crippen molar-refractivity contribution in [1.29, 1.82) is 0 Å². The minimum Gasteiger partial charge on any atom is -0.329 e. The zero-order chi connectivity index (χ0) is 10.7. The Morgan fingerprint density at radius 1 is 1.33 bits per heavy atom. The molecule has 0 saturated carbocycles. The normalized spacial score (nSPS) is 16.4. The van der Waals surface area contributed by atoms with Gasteiger partial charge in [0, 0.05) is 16.7 Å². The van der Waals surface area contributed by atoms with Crippen LogP contribution >= 0.6 is 11.8 Å². The lowest BCUT2D eigenvalue weighted by molar-refractivity contribution is 0.826. The zero-order valence-corrected chi connectivity index (χ0v) is 10.1. The van der Waals surface area contributed by atoms with Crippen molar-refractivity contribution in [3.63, 3.8) is 0 Å². The van der Waals surface area contributed by atoms with E-state index in [-0.39, 0.29) is 0 Å². The van der Waals surface area contributed by atoms with Crippen molar-refractivity contribution in [3.8, 4) is 0 Å². The van der Waals surface area contributed by atoms with Crippen molar-refractivity contribution in [1.82, 2.24) is 0 Å². The maximum Gasteiger partial charge on any atom is 0.0214 e. The van der Waals surface area contributed by atoms with Crippen molar-refractivity contribution in [2.75, 3.05) is 6.54 Å². The second kappa shape index (κ2) is 5.04. The second-order valence-electron chi connectivity index (χ2n) is 4.17. The summed E-state index contributed by atoms with van der Waals surface area (Å²) in [6.45, 7) is 2.98. The summed E-state index contributed by atoms with van der Waals surface area (Å²) < 4.78 is 0. The summed E-state index contributed by atoms with van der Waals surface area (Å²) in [6, 6.07) is 6.92. The van der Waals surface area contributed by atoms with E-state index < -0.39 is 0 Å². The predicted octanol–water partition coefficient (Wildman–Crippen LogP) is 3.00. The minimum absolute atomic E-state index is 0.574. The highest BCUT2D eigenvalue weighted by Gasteiger charge is 2.12. The van der Waals surface area contributed by atoms with Gasteiger partial charge in [-0.2, -0.15) is 0 Å². The molecular formula is C13H19NS. The van der Waals surface area contributed by atoms with Gasteiger partial charge in [0.2, 0.25) is 0 Å². The van der Waals surface area contributed by atoms with Gasteiger partial charge in [0.25, 0.3) is 0 Å². The largest absolute Gasteiger partial charge is 0.329 e. The summed E-state index contributed by atoms with van der Waals surface area (Å²) in [5.41, 5.74) is 8.84. The van der Waals surface area contributed by atoms with Crippen LogP contribution in [0.25, 0.3) is 0 Å². The third kappa shape index (κ3) is 2.56. The lowest BCUT2D eigenvalue weighted by Gasteiger charge is -2.12. The zero-order valence-electron chi connectivity index (χ0n) is 9.33. The first-order chi connectivity index (χ1) is 7.33. The summed E-state index contributed by atoms with van der Waals surface area (Å²) in [4.78, 5) is 1.40. The molecule has 0 spiro atoms. The number of fused-ring (bicyclic) bond motifs is 1. The highest BCUT2D eigenvalue weighted by atomic mass is 32.2. The molecule has 2 heteroatoms. The molecule has 2 rings (SSSR count). The summed E-state index contributed by atoms with van der Waals surface area (Å²) in [6.07, 6.45) is 5.02. The molecule has 82 valence electrons. The van der Waals surface area contributed by atoms with Crippen molar-refractivity contribution >= 4 is 11.8 Å². The Balaban J connectivity index is 2.09. The van der Waals surface area contributed by atoms with Crippen LogP contribution in [0.5, 0.6) is 0 Å². The van der Waals surface area contributed by atoms with Gasteiger partial charge in [0.15, 0.2) is 0 Å². The Kier molecular flexibility index (Phi) is 3.71. The molecule has 1 aromatic rings. The van der Waals surface area contributed by atoms with E-state index in [0.717, 1.165) is 13.0 Å². The summed E-state index contributed by atoms with van der Waals surface area (Å²) in [7, 11) is 0. The van der Waals surface area contributed by atoms with Gasteiger partial charge >= 0.3 is 0 Å². The second-order valence-corrected chi connectivity index (χ2v) is 5.54. The molecule has 1 aromatic carbocycles. The van der Waals surface area contributed by atoms with Crippen LogP contribution in [0.15, 0.2) is 23.1 Å². The van der Waals surface area contributed by atoms with Crippen LogP contribution in [0, 0.1) is 0 Å². The Hall–Kier alpha value is -0.470. The number of aryl methyl sites for hydroxylation is 2. The Morgan fingerprint density at radius 3 is 2.87 bits per heavy atom. The van der Waals surface area contributed by atoms with Crippen molar-refractivity contribution < 1.29 is 0 Å². The number of hydrogen-bond acceptors (Lipinski definition) is 2. The van der Waals surface area contributed by atoms with Crippen molar-refractivity contribution in [2.45, 2.75) is 42.8 Å². The van der Waals surface area contributed by atoms with Crippen LogP contribution in [0.2, 0.25) is 0 Å². The van der Waals surface area contributed by atoms with Gasteiger partial charge in [-0.3, -0.25) is 0 Å². The lowest BCUT2D eigenvalue weighted by Crippen LogP contribution is -2.15. The monoisotopic (exact) mass is 221 g/mol. The van der Waals surface area contributed by atoms with E-state index in [4.69, 9.17) is 5.73 Å². The van der Waals surface area contributed by atoms with E-state index in [0.29, 0.717) is 5.25 Å². The first-order valence-electron chi connectivity index (χ1n) is 5.82. The number of benzene rings is 1. The van der Waals surface area contributed by atoms with Gasteiger partial charge in [0.05, 0.1) is 0 Å². The fourth-order valence-electron chi connectivity index (χ4n) is 2.11. The minimum atomic E-state index is 0.574. The molecule has 0 amide bonds. The van der Waals surface area contributed by atoms with Crippen LogP contribution in [0.3, 0.4) is 0 Å². The van der Waals surface area contributed by atoms with Crippen LogP contribution in [-0.4, -0.2) is 11.8 Å². The third-order valence-electron chi connectivity index (χ3n) is 3.09. The molecule has 0 radical (unpaired) electrons. The molecule has 1 aliphatic rings. The van der Waals surface area contributed by atoms with Gasteiger partial charge < -0.3 is 5.73 Å². The first kappa shape index (κ1) is 11.0. The van der Waals surface area contributed by atoms with Crippen LogP contribution in [-0.2, 0) is 12.8 Å². The molecule has 0 heterocycles. The van der Waals surface area contributed by atoms with E-state index in [2.05, 4.69) is 25.1 Å². The maximum absolute atomic E-state index is 5.72. The van der Waals surface area contributed by atoms with Crippen LogP contribution in [0.1, 0.15) is 30.9 Å². The lowest BCUT2D eigenvalue weighted by atomic mass is 10.1. The third-order valence-corrected chi connectivity index (χ3v) is 4.48. The highest BCUT2D eigenvalue weighted by molar-refractivity contribution is 8.00. The molecule has 0 bridgehead atoms. The molecule has 0 aromatic heterocycles. The Labute approximate surface area is 96.4 Å². The smallest absolute Gasteiger partial charge is 0.0214 e. The van der Waals surface area contributed by atoms with E-state index in [1.165, 1.54) is 24.2 Å². The fraction of sp³-hybridized carbons (Fsp3) is 0.538. The van der Waals surface area contributed by atoms with Crippen molar-refractivity contribution in [2.24, 2.45) is 5.73 Å². The van der Waals surface area contributed by atoms with Crippen LogP contribution < -0.4 is 5.73 Å². The molecule has 1 atom stereocenters. The molecule has 1 unspecified atom stereocenters.